The summed E-state index contributed by atoms with van der Waals surface area (Å²) in [5.41, 5.74) is 1.22. The molecular formula is C19H22N4O3S3. The molecule has 7 nitrogen and oxygen atoms in total. The maximum Gasteiger partial charge on any atom is 0.271 e. The highest BCUT2D eigenvalue weighted by Crippen LogP contribution is 2.28. The minimum atomic E-state index is -3.58. The Labute approximate surface area is 178 Å². The number of nitrogens with one attached hydrogen (secondary N) is 2. The Hall–Kier alpha value is -2.30. The highest BCUT2D eigenvalue weighted by atomic mass is 32.2. The second-order valence-corrected chi connectivity index (χ2v) is 10.3. The molecule has 2 N–H and O–H groups in total. The molecular weight excluding hydrogens is 428 g/mol. The van der Waals surface area contributed by atoms with Crippen LogP contribution in [-0.2, 0) is 21.2 Å². The van der Waals surface area contributed by atoms with Crippen molar-refractivity contribution in [3.05, 3.63) is 52.3 Å². The van der Waals surface area contributed by atoms with Gasteiger partial charge in [0, 0.05) is 11.6 Å². The molecule has 2 aromatic heterocycles. The van der Waals surface area contributed by atoms with Crippen molar-refractivity contribution in [2.24, 2.45) is 0 Å². The monoisotopic (exact) mass is 450 g/mol. The van der Waals surface area contributed by atoms with E-state index in [1.165, 1.54) is 11.3 Å². The van der Waals surface area contributed by atoms with Crippen LogP contribution in [0.25, 0.3) is 0 Å². The molecule has 0 bridgehead atoms. The molecule has 3 rings (SSSR count). The summed E-state index contributed by atoms with van der Waals surface area (Å²) in [5.74, 6) is 0.174. The van der Waals surface area contributed by atoms with Crippen molar-refractivity contribution >= 4 is 49.4 Å². The van der Waals surface area contributed by atoms with Crippen LogP contribution in [0.4, 0.5) is 10.8 Å². The summed E-state index contributed by atoms with van der Waals surface area (Å²) in [7, 11) is -3.58. The zero-order valence-corrected chi connectivity index (χ0v) is 18.5. The molecule has 0 aliphatic carbocycles. The van der Waals surface area contributed by atoms with Crippen LogP contribution < -0.4 is 10.0 Å². The van der Waals surface area contributed by atoms with Gasteiger partial charge in [0.25, 0.3) is 10.0 Å². The molecule has 0 aliphatic heterocycles. The summed E-state index contributed by atoms with van der Waals surface area (Å²) in [6, 6.07) is 9.97. The lowest BCUT2D eigenvalue weighted by Crippen LogP contribution is -2.14. The highest BCUT2D eigenvalue weighted by molar-refractivity contribution is 7.94. The van der Waals surface area contributed by atoms with E-state index in [2.05, 4.69) is 34.1 Å². The normalized spacial score (nSPS) is 11.6. The minimum Gasteiger partial charge on any atom is -0.300 e. The van der Waals surface area contributed by atoms with Crippen LogP contribution >= 0.6 is 22.7 Å². The van der Waals surface area contributed by atoms with Crippen molar-refractivity contribution < 1.29 is 13.2 Å². The Bertz CT molecular complexity index is 1040. The molecule has 3 aromatic rings. The number of anilines is 2. The third-order valence-electron chi connectivity index (χ3n) is 4.35. The molecule has 29 heavy (non-hydrogen) atoms. The van der Waals surface area contributed by atoms with Crippen molar-refractivity contribution in [2.75, 3.05) is 10.0 Å². The lowest BCUT2D eigenvalue weighted by Gasteiger charge is -2.07. The Morgan fingerprint density at radius 3 is 2.45 bits per heavy atom. The molecule has 10 heteroatoms. The molecule has 1 amide bonds. The number of thiophene rings is 1. The van der Waals surface area contributed by atoms with Gasteiger partial charge in [0.15, 0.2) is 0 Å². The minimum absolute atomic E-state index is 0.165. The Morgan fingerprint density at radius 2 is 1.83 bits per heavy atom. The van der Waals surface area contributed by atoms with Gasteiger partial charge in [-0.25, -0.2) is 8.42 Å². The average Bonchev–Trinajstić information content (AvgIpc) is 3.37. The van der Waals surface area contributed by atoms with E-state index in [0.717, 1.165) is 34.7 Å². The first-order valence-electron chi connectivity index (χ1n) is 9.19. The molecule has 154 valence electrons. The van der Waals surface area contributed by atoms with E-state index < -0.39 is 10.0 Å². The first-order valence-corrected chi connectivity index (χ1v) is 12.4. The van der Waals surface area contributed by atoms with Crippen molar-refractivity contribution in [3.63, 3.8) is 0 Å². The van der Waals surface area contributed by atoms with E-state index in [9.17, 15) is 13.2 Å². The second kappa shape index (κ2) is 9.47. The van der Waals surface area contributed by atoms with Crippen molar-refractivity contribution in [1.82, 2.24) is 10.2 Å². The van der Waals surface area contributed by atoms with Gasteiger partial charge in [-0.3, -0.25) is 9.52 Å². The molecule has 0 saturated heterocycles. The van der Waals surface area contributed by atoms with Crippen LogP contribution in [0.15, 0.2) is 46.0 Å². The summed E-state index contributed by atoms with van der Waals surface area (Å²) < 4.78 is 27.3. The number of carbonyl (C=O) groups is 1. The third kappa shape index (κ3) is 5.62. The summed E-state index contributed by atoms with van der Waals surface area (Å²) >= 11 is 2.56. The van der Waals surface area contributed by atoms with Gasteiger partial charge in [0.1, 0.15) is 9.22 Å². The third-order valence-corrected chi connectivity index (χ3v) is 8.13. The zero-order chi connectivity index (χ0) is 20.9. The Balaban J connectivity index is 1.58. The van der Waals surface area contributed by atoms with Gasteiger partial charge in [0.2, 0.25) is 11.0 Å². The van der Waals surface area contributed by atoms with E-state index >= 15 is 0 Å². The van der Waals surface area contributed by atoms with Gasteiger partial charge in [-0.05, 0) is 42.0 Å². The number of carbonyl (C=O) groups excluding carboxylic acids is 1. The topological polar surface area (TPSA) is 101 Å². The van der Waals surface area contributed by atoms with Gasteiger partial charge in [0.05, 0.1) is 6.42 Å². The Kier molecular flexibility index (Phi) is 6.99. The molecule has 0 spiro atoms. The number of nitrogens with zero attached hydrogens (tertiary/aromatic N) is 2. The molecule has 0 atom stereocenters. The first kappa shape index (κ1) is 21.4. The van der Waals surface area contributed by atoms with Crippen LogP contribution in [0.3, 0.4) is 0 Å². The Morgan fingerprint density at radius 1 is 1.10 bits per heavy atom. The fraction of sp³-hybridized carbons (Fsp3) is 0.316. The van der Waals surface area contributed by atoms with Crippen LogP contribution in [0.1, 0.15) is 43.2 Å². The summed E-state index contributed by atoms with van der Waals surface area (Å²) in [4.78, 5) is 12.3. The second-order valence-electron chi connectivity index (χ2n) is 6.42. The highest BCUT2D eigenvalue weighted by Gasteiger charge is 2.16. The van der Waals surface area contributed by atoms with E-state index in [4.69, 9.17) is 0 Å². The fourth-order valence-electron chi connectivity index (χ4n) is 2.75. The number of amides is 1. The number of rotatable bonds is 9. The van der Waals surface area contributed by atoms with Crippen molar-refractivity contribution in [1.29, 1.82) is 0 Å². The van der Waals surface area contributed by atoms with E-state index in [1.807, 2.05) is 0 Å². The van der Waals surface area contributed by atoms with Crippen LogP contribution in [0.2, 0.25) is 0 Å². The smallest absolute Gasteiger partial charge is 0.271 e. The van der Waals surface area contributed by atoms with Gasteiger partial charge >= 0.3 is 0 Å². The molecule has 2 heterocycles. The zero-order valence-electron chi connectivity index (χ0n) is 16.1. The number of hydrogen-bond donors (Lipinski definition) is 2. The molecule has 0 aliphatic rings. The van der Waals surface area contributed by atoms with Crippen molar-refractivity contribution in [3.8, 4) is 0 Å². The maximum atomic E-state index is 12.3. The summed E-state index contributed by atoms with van der Waals surface area (Å²) in [6.07, 6.45) is 2.14. The van der Waals surface area contributed by atoms with Gasteiger partial charge in [-0.1, -0.05) is 43.4 Å². The van der Waals surface area contributed by atoms with E-state index in [0.29, 0.717) is 16.7 Å². The molecule has 0 radical (unpaired) electrons. The van der Waals surface area contributed by atoms with Crippen molar-refractivity contribution in [2.45, 2.75) is 43.2 Å². The fourth-order valence-corrected chi connectivity index (χ4v) is 5.83. The lowest BCUT2D eigenvalue weighted by molar-refractivity contribution is -0.115. The molecule has 0 saturated carbocycles. The largest absolute Gasteiger partial charge is 0.300 e. The SMILES string of the molecule is CCC(CC)c1nnc(NC(=O)Cc2ccc(NS(=O)(=O)c3cccs3)cc2)s1. The molecule has 0 unspecified atom stereocenters. The predicted octanol–water partition coefficient (Wildman–Crippen LogP) is 4.49. The van der Waals surface area contributed by atoms with Crippen LogP contribution in [0, 0.1) is 0 Å². The van der Waals surface area contributed by atoms with Gasteiger partial charge < -0.3 is 5.32 Å². The van der Waals surface area contributed by atoms with Crippen LogP contribution in [0.5, 0.6) is 0 Å². The predicted molar refractivity (Wildman–Crippen MR) is 117 cm³/mol. The summed E-state index contributed by atoms with van der Waals surface area (Å²) in [5, 5.41) is 14.2. The maximum absolute atomic E-state index is 12.3. The molecule has 1 aromatic carbocycles. The number of aromatic nitrogens is 2. The number of benzene rings is 1. The van der Waals surface area contributed by atoms with Gasteiger partial charge in [-0.2, -0.15) is 0 Å². The van der Waals surface area contributed by atoms with E-state index in [1.54, 1.807) is 41.8 Å². The number of hydrogen-bond acceptors (Lipinski definition) is 7. The number of sulfonamides is 1. The summed E-state index contributed by atoms with van der Waals surface area (Å²) in [6.45, 7) is 4.22. The average molecular weight is 451 g/mol. The molecule has 0 fully saturated rings. The standard InChI is InChI=1S/C19H22N4O3S3/c1-3-14(4-2)18-21-22-19(28-18)20-16(24)12-13-7-9-15(10-8-13)23-29(25,26)17-6-5-11-27-17/h5-11,14,23H,3-4,12H2,1-2H3,(H,20,22,24). The van der Waals surface area contributed by atoms with Crippen LogP contribution in [-0.4, -0.2) is 24.5 Å². The van der Waals surface area contributed by atoms with E-state index in [-0.39, 0.29) is 16.5 Å². The van der Waals surface area contributed by atoms with Gasteiger partial charge in [-0.15, -0.1) is 21.5 Å². The first-order chi connectivity index (χ1) is 13.9. The lowest BCUT2D eigenvalue weighted by atomic mass is 10.1. The quantitative estimate of drug-likeness (QED) is 0.500.